The second kappa shape index (κ2) is 9.71. The Kier molecular flexibility index (Phi) is 6.56. The average Bonchev–Trinajstić information content (AvgIpc) is 3.39. The second-order valence-electron chi connectivity index (χ2n) is 7.40. The Balaban J connectivity index is 1.48. The fourth-order valence-corrected chi connectivity index (χ4v) is 4.02. The number of halogens is 1. The molecule has 2 heterocycles. The minimum atomic E-state index is -0.314. The van der Waals surface area contributed by atoms with Gasteiger partial charge in [-0.2, -0.15) is 5.26 Å². The van der Waals surface area contributed by atoms with Crippen LogP contribution in [0.15, 0.2) is 66.1 Å². The molecule has 4 aromatic rings. The predicted molar refractivity (Wildman–Crippen MR) is 125 cm³/mol. The number of para-hydroxylation sites is 1. The van der Waals surface area contributed by atoms with Crippen LogP contribution in [0.2, 0.25) is 0 Å². The third kappa shape index (κ3) is 4.96. The molecular formula is C24H21FN6OS. The van der Waals surface area contributed by atoms with Crippen molar-refractivity contribution in [2.75, 3.05) is 11.1 Å². The zero-order valence-electron chi connectivity index (χ0n) is 18.1. The maximum atomic E-state index is 13.3. The highest BCUT2D eigenvalue weighted by Crippen LogP contribution is 2.28. The van der Waals surface area contributed by atoms with Crippen LogP contribution in [0.1, 0.15) is 22.4 Å². The Morgan fingerprint density at radius 1 is 1.15 bits per heavy atom. The number of thioether (sulfide) groups is 1. The SMILES string of the molecule is Cc1c(C#N)c(NC(=O)CSc2ncn(-c3ccccc3)n2)n(Cc2ccc(F)cc2)c1C. The van der Waals surface area contributed by atoms with E-state index in [1.807, 2.05) is 48.7 Å². The normalized spacial score (nSPS) is 10.7. The summed E-state index contributed by atoms with van der Waals surface area (Å²) in [5.41, 5.74) is 3.82. The molecule has 0 saturated heterocycles. The standard InChI is InChI=1S/C24H21FN6OS/c1-16-17(2)30(13-18-8-10-19(25)11-9-18)23(21(16)12-26)28-22(32)14-33-24-27-15-31(29-24)20-6-4-3-5-7-20/h3-11,15H,13-14H2,1-2H3,(H,28,32). The van der Waals surface area contributed by atoms with Crippen molar-refractivity contribution in [1.29, 1.82) is 5.26 Å². The number of anilines is 1. The van der Waals surface area contributed by atoms with E-state index in [0.717, 1.165) is 22.5 Å². The van der Waals surface area contributed by atoms with Gasteiger partial charge >= 0.3 is 0 Å². The summed E-state index contributed by atoms with van der Waals surface area (Å²) in [4.78, 5) is 17.0. The zero-order valence-corrected chi connectivity index (χ0v) is 18.9. The number of amides is 1. The van der Waals surface area contributed by atoms with Crippen molar-refractivity contribution in [3.05, 3.63) is 89.1 Å². The van der Waals surface area contributed by atoms with Gasteiger partial charge in [0.25, 0.3) is 0 Å². The van der Waals surface area contributed by atoms with Crippen LogP contribution in [-0.4, -0.2) is 31.0 Å². The third-order valence-corrected chi connectivity index (χ3v) is 6.13. The topological polar surface area (TPSA) is 88.5 Å². The first-order valence-electron chi connectivity index (χ1n) is 10.2. The van der Waals surface area contributed by atoms with E-state index in [0.29, 0.717) is 23.1 Å². The molecular weight excluding hydrogens is 439 g/mol. The van der Waals surface area contributed by atoms with E-state index in [2.05, 4.69) is 21.5 Å². The van der Waals surface area contributed by atoms with Crippen molar-refractivity contribution >= 4 is 23.5 Å². The van der Waals surface area contributed by atoms with Crippen LogP contribution in [0.5, 0.6) is 0 Å². The summed E-state index contributed by atoms with van der Waals surface area (Å²) in [6.07, 6.45) is 1.60. The van der Waals surface area contributed by atoms with E-state index < -0.39 is 0 Å². The minimum absolute atomic E-state index is 0.0868. The van der Waals surface area contributed by atoms with Gasteiger partial charge in [0.05, 0.1) is 17.0 Å². The van der Waals surface area contributed by atoms with E-state index in [9.17, 15) is 14.4 Å². The molecule has 0 atom stereocenters. The molecule has 1 amide bonds. The predicted octanol–water partition coefficient (Wildman–Crippen LogP) is 4.48. The summed E-state index contributed by atoms with van der Waals surface area (Å²) in [7, 11) is 0. The lowest BCUT2D eigenvalue weighted by molar-refractivity contribution is -0.113. The number of hydrogen-bond acceptors (Lipinski definition) is 5. The molecule has 9 heteroatoms. The lowest BCUT2D eigenvalue weighted by Gasteiger charge is -2.13. The second-order valence-corrected chi connectivity index (χ2v) is 8.35. The molecule has 1 N–H and O–H groups in total. The summed E-state index contributed by atoms with van der Waals surface area (Å²) < 4.78 is 16.8. The number of nitrogens with one attached hydrogen (secondary N) is 1. The smallest absolute Gasteiger partial charge is 0.235 e. The van der Waals surface area contributed by atoms with E-state index in [1.54, 1.807) is 23.1 Å². The van der Waals surface area contributed by atoms with Crippen LogP contribution in [0.4, 0.5) is 10.2 Å². The molecule has 33 heavy (non-hydrogen) atoms. The van der Waals surface area contributed by atoms with Crippen LogP contribution in [-0.2, 0) is 11.3 Å². The highest BCUT2D eigenvalue weighted by molar-refractivity contribution is 7.99. The Hall–Kier alpha value is -3.90. The van der Waals surface area contributed by atoms with E-state index in [4.69, 9.17) is 0 Å². The van der Waals surface area contributed by atoms with E-state index in [1.165, 1.54) is 23.9 Å². The largest absolute Gasteiger partial charge is 0.326 e. The Morgan fingerprint density at radius 3 is 2.58 bits per heavy atom. The van der Waals surface area contributed by atoms with Crippen LogP contribution in [0.25, 0.3) is 5.69 Å². The Morgan fingerprint density at radius 2 is 1.88 bits per heavy atom. The average molecular weight is 461 g/mol. The first-order chi connectivity index (χ1) is 16.0. The highest BCUT2D eigenvalue weighted by Gasteiger charge is 2.20. The van der Waals surface area contributed by atoms with Crippen molar-refractivity contribution in [1.82, 2.24) is 19.3 Å². The van der Waals surface area contributed by atoms with Crippen LogP contribution < -0.4 is 5.32 Å². The summed E-state index contributed by atoms with van der Waals surface area (Å²) in [6.45, 7) is 4.14. The maximum Gasteiger partial charge on any atom is 0.235 e. The van der Waals surface area contributed by atoms with Gasteiger partial charge in [-0.05, 0) is 49.2 Å². The molecule has 4 rings (SSSR count). The van der Waals surface area contributed by atoms with Gasteiger partial charge in [-0.3, -0.25) is 4.79 Å². The van der Waals surface area contributed by atoms with Gasteiger partial charge in [-0.1, -0.05) is 42.1 Å². The fraction of sp³-hybridized carbons (Fsp3) is 0.167. The maximum absolute atomic E-state index is 13.3. The molecule has 0 bridgehead atoms. The highest BCUT2D eigenvalue weighted by atomic mass is 32.2. The fourth-order valence-electron chi connectivity index (χ4n) is 3.42. The number of carbonyl (C=O) groups excluding carboxylic acids is 1. The number of carbonyl (C=O) groups is 1. The third-order valence-electron chi connectivity index (χ3n) is 5.28. The molecule has 2 aromatic heterocycles. The lowest BCUT2D eigenvalue weighted by Crippen LogP contribution is -2.18. The van der Waals surface area contributed by atoms with E-state index in [-0.39, 0.29) is 17.5 Å². The first-order valence-corrected chi connectivity index (χ1v) is 11.2. The molecule has 2 aromatic carbocycles. The van der Waals surface area contributed by atoms with Crippen LogP contribution in [0.3, 0.4) is 0 Å². The van der Waals surface area contributed by atoms with Gasteiger partial charge in [0.15, 0.2) is 0 Å². The number of hydrogen-bond donors (Lipinski definition) is 1. The number of rotatable bonds is 7. The van der Waals surface area contributed by atoms with Crippen molar-refractivity contribution in [3.63, 3.8) is 0 Å². The van der Waals surface area contributed by atoms with Gasteiger partial charge in [0.2, 0.25) is 11.1 Å². The molecule has 0 aliphatic heterocycles. The number of benzene rings is 2. The van der Waals surface area contributed by atoms with Crippen molar-refractivity contribution in [2.45, 2.75) is 25.5 Å². The van der Waals surface area contributed by atoms with Gasteiger partial charge in [-0.15, -0.1) is 5.10 Å². The van der Waals surface area contributed by atoms with Crippen LogP contribution >= 0.6 is 11.8 Å². The molecule has 0 spiro atoms. The molecule has 0 aliphatic carbocycles. The molecule has 0 radical (unpaired) electrons. The summed E-state index contributed by atoms with van der Waals surface area (Å²) in [6, 6.07) is 17.9. The molecule has 0 fully saturated rings. The van der Waals surface area contributed by atoms with Crippen LogP contribution in [0, 0.1) is 31.0 Å². The van der Waals surface area contributed by atoms with Gasteiger partial charge in [-0.25, -0.2) is 14.1 Å². The van der Waals surface area contributed by atoms with Crippen molar-refractivity contribution in [3.8, 4) is 11.8 Å². The van der Waals surface area contributed by atoms with Gasteiger partial charge < -0.3 is 9.88 Å². The number of nitrogens with zero attached hydrogens (tertiary/aromatic N) is 5. The number of nitriles is 1. The zero-order chi connectivity index (χ0) is 23.4. The molecule has 166 valence electrons. The summed E-state index contributed by atoms with van der Waals surface area (Å²) in [5, 5.41) is 17.4. The molecule has 7 nitrogen and oxygen atoms in total. The molecule has 0 aliphatic rings. The Labute approximate surface area is 194 Å². The first kappa shape index (κ1) is 22.3. The molecule has 0 unspecified atom stereocenters. The monoisotopic (exact) mass is 460 g/mol. The van der Waals surface area contributed by atoms with Crippen molar-refractivity contribution in [2.24, 2.45) is 0 Å². The van der Waals surface area contributed by atoms with Crippen molar-refractivity contribution < 1.29 is 9.18 Å². The van der Waals surface area contributed by atoms with E-state index >= 15 is 0 Å². The Bertz CT molecular complexity index is 1320. The molecule has 0 saturated carbocycles. The number of aromatic nitrogens is 4. The summed E-state index contributed by atoms with van der Waals surface area (Å²) >= 11 is 1.21. The lowest BCUT2D eigenvalue weighted by atomic mass is 10.2. The quantitative estimate of drug-likeness (QED) is 0.411. The minimum Gasteiger partial charge on any atom is -0.326 e. The summed E-state index contributed by atoms with van der Waals surface area (Å²) in [5.74, 6) is -0.0647. The van der Waals surface area contributed by atoms with Gasteiger partial charge in [0.1, 0.15) is 24.0 Å². The van der Waals surface area contributed by atoms with Gasteiger partial charge in [0, 0.05) is 12.2 Å².